The molecule has 0 radical (unpaired) electrons. The zero-order valence-corrected chi connectivity index (χ0v) is 42.0. The summed E-state index contributed by atoms with van der Waals surface area (Å²) in [5.74, 6) is -1.28. The number of aromatic hydroxyl groups is 2. The molecule has 372 valence electrons. The minimum absolute atomic E-state index is 0.0660. The molecule has 15 nitrogen and oxygen atoms in total. The van der Waals surface area contributed by atoms with Crippen LogP contribution in [0.5, 0.6) is 23.0 Å². The second kappa shape index (κ2) is 21.2. The smallest absolute Gasteiger partial charge is 0.333 e. The van der Waals surface area contributed by atoms with Crippen molar-refractivity contribution in [1.29, 1.82) is 0 Å². The number of benzene rings is 2. The molecule has 0 saturated carbocycles. The highest BCUT2D eigenvalue weighted by Crippen LogP contribution is 2.49. The average molecular weight is 962 g/mol. The number of phenols is 2. The normalized spacial score (nSPS) is 22.7. The fraction of sp³-hybridized carbons (Fsp3) is 0.558. The number of carbonyl (C=O) groups is 3. The van der Waals surface area contributed by atoms with E-state index in [4.69, 9.17) is 23.5 Å². The number of nitrogens with zero attached hydrogens (tertiary/aromatic N) is 2. The Hall–Kier alpha value is -5.16. The van der Waals surface area contributed by atoms with Crippen LogP contribution in [0, 0.1) is 0 Å². The molecule has 0 spiro atoms. The van der Waals surface area contributed by atoms with E-state index in [1.54, 1.807) is 11.8 Å². The summed E-state index contributed by atoms with van der Waals surface area (Å²) >= 11 is 0. The van der Waals surface area contributed by atoms with Crippen molar-refractivity contribution in [3.8, 4) is 23.0 Å². The van der Waals surface area contributed by atoms with E-state index in [1.165, 1.54) is 40.9 Å². The molecule has 2 aromatic rings. The van der Waals surface area contributed by atoms with Crippen molar-refractivity contribution < 1.29 is 56.5 Å². The number of aliphatic hydroxyl groups is 1. The Morgan fingerprint density at radius 2 is 1.31 bits per heavy atom. The Kier molecular flexibility index (Phi) is 16.3. The quantitative estimate of drug-likeness (QED) is 0.0728. The predicted octanol–water partition coefficient (Wildman–Crippen LogP) is 8.31. The van der Waals surface area contributed by atoms with E-state index in [0.29, 0.717) is 53.7 Å². The van der Waals surface area contributed by atoms with Gasteiger partial charge in [0.1, 0.15) is 46.3 Å². The number of ether oxygens (including phenoxy) is 3. The van der Waals surface area contributed by atoms with Crippen molar-refractivity contribution in [3.63, 3.8) is 0 Å². The standard InChI is InChI=1S/C52H71N3O12S/c1-31(2)15-10-17-33(5)19-12-22-51(7)44(58)27-37-42(56)25-35-39(46(37)65-51)29-54(48(35)59)24-14-21-41(50(61)64-9)55-30-40-36(49(55)60)26-43(57)38-28-45(67-68(53,62)63)52(8,66-47(38)40)23-13-20-34(6)18-11-16-32(3)4/h15-16,19-20,25-26,41,44-45,56-58H,10-14,17-18,21-24,27-30H2,1-9H3,(H2,53,62,63)/b33-19+,34-20+/t41-,44-,45-,51+,52+/m0/s1. The molecule has 68 heavy (non-hydrogen) atoms. The van der Waals surface area contributed by atoms with Crippen LogP contribution in [0.1, 0.15) is 163 Å². The topological polar surface area (TPSA) is 215 Å². The molecule has 6 rings (SSSR count). The number of esters is 1. The van der Waals surface area contributed by atoms with Gasteiger partial charge in [-0.1, -0.05) is 46.6 Å². The monoisotopic (exact) mass is 961 g/mol. The third kappa shape index (κ3) is 11.8. The number of fused-ring (bicyclic) bond motifs is 6. The molecule has 2 amide bonds. The van der Waals surface area contributed by atoms with Gasteiger partial charge >= 0.3 is 16.3 Å². The molecule has 16 heteroatoms. The van der Waals surface area contributed by atoms with E-state index in [2.05, 4.69) is 45.1 Å². The molecule has 0 unspecified atom stereocenters. The summed E-state index contributed by atoms with van der Waals surface area (Å²) in [7, 11) is -3.20. The van der Waals surface area contributed by atoms with E-state index < -0.39 is 51.6 Å². The minimum Gasteiger partial charge on any atom is -0.508 e. The van der Waals surface area contributed by atoms with Crippen LogP contribution >= 0.6 is 0 Å². The number of nitrogens with two attached hydrogens (primary N) is 1. The van der Waals surface area contributed by atoms with Crippen LogP contribution in [0.2, 0.25) is 0 Å². The Balaban J connectivity index is 1.16. The molecule has 4 heterocycles. The lowest BCUT2D eigenvalue weighted by Crippen LogP contribution is -2.52. The van der Waals surface area contributed by atoms with Crippen LogP contribution in [0.15, 0.2) is 58.7 Å². The average Bonchev–Trinajstić information content (AvgIpc) is 3.74. The van der Waals surface area contributed by atoms with Crippen molar-refractivity contribution in [2.45, 2.75) is 175 Å². The molecule has 0 bridgehead atoms. The van der Waals surface area contributed by atoms with Gasteiger partial charge < -0.3 is 39.3 Å². The van der Waals surface area contributed by atoms with E-state index >= 15 is 0 Å². The number of phenolic OH excluding ortho intramolecular Hbond substituents is 2. The maximum absolute atomic E-state index is 14.2. The first-order valence-electron chi connectivity index (χ1n) is 23.7. The molecule has 5 N–H and O–H groups in total. The highest BCUT2D eigenvalue weighted by atomic mass is 32.2. The van der Waals surface area contributed by atoms with Gasteiger partial charge in [-0.15, -0.1) is 0 Å². The van der Waals surface area contributed by atoms with Crippen LogP contribution in [0.4, 0.5) is 0 Å². The Bertz CT molecular complexity index is 2520. The van der Waals surface area contributed by atoms with Gasteiger partial charge in [0.2, 0.25) is 0 Å². The van der Waals surface area contributed by atoms with E-state index in [0.717, 1.165) is 31.3 Å². The number of rotatable bonds is 20. The summed E-state index contributed by atoms with van der Waals surface area (Å²) < 4.78 is 48.4. The first-order chi connectivity index (χ1) is 31.9. The van der Waals surface area contributed by atoms with Gasteiger partial charge in [-0.25, -0.2) is 9.93 Å². The fourth-order valence-electron chi connectivity index (χ4n) is 9.80. The number of carbonyl (C=O) groups excluding carboxylic acids is 3. The second-order valence-electron chi connectivity index (χ2n) is 19.9. The summed E-state index contributed by atoms with van der Waals surface area (Å²) in [5.41, 5.74) is 4.92. The first kappa shape index (κ1) is 52.2. The Labute approximate surface area is 401 Å². The van der Waals surface area contributed by atoms with Crippen molar-refractivity contribution >= 4 is 28.1 Å². The second-order valence-corrected chi connectivity index (χ2v) is 21.1. The molecular formula is C52H71N3O12S. The number of hydrogen-bond donors (Lipinski definition) is 4. The number of allylic oxidation sites excluding steroid dienone is 8. The van der Waals surface area contributed by atoms with Crippen molar-refractivity contribution in [1.82, 2.24) is 9.80 Å². The zero-order valence-electron chi connectivity index (χ0n) is 41.2. The number of aliphatic hydroxyl groups excluding tert-OH is 1. The molecular weight excluding hydrogens is 891 g/mol. The maximum Gasteiger partial charge on any atom is 0.333 e. The highest BCUT2D eigenvalue weighted by Gasteiger charge is 2.49. The molecule has 4 aliphatic heterocycles. The number of amides is 2. The van der Waals surface area contributed by atoms with Crippen molar-refractivity contribution in [2.75, 3.05) is 13.7 Å². The summed E-state index contributed by atoms with van der Waals surface area (Å²) in [5, 5.41) is 39.0. The van der Waals surface area contributed by atoms with Crippen molar-refractivity contribution in [2.24, 2.45) is 5.14 Å². The largest absolute Gasteiger partial charge is 0.508 e. The van der Waals surface area contributed by atoms with Crippen LogP contribution < -0.4 is 14.6 Å². The SMILES string of the molecule is COC(=O)[C@H](CCCN1Cc2c(cc(O)c3c2O[C@](C)(CC/C=C(\C)CCC=C(C)C)[C@@H](O)C3)C1=O)N1Cc2c(cc(O)c3c2O[C@](C)(CC/C=C(\C)CCC=C(C)C)[C@@H](OS(N)(=O)=O)C3)C1=O. The minimum atomic E-state index is -4.43. The fourth-order valence-corrected chi connectivity index (χ4v) is 10.4. The highest BCUT2D eigenvalue weighted by molar-refractivity contribution is 7.84. The van der Waals surface area contributed by atoms with Gasteiger partial charge in [0, 0.05) is 41.6 Å². The van der Waals surface area contributed by atoms with E-state index in [9.17, 15) is 38.1 Å². The van der Waals surface area contributed by atoms with Crippen LogP contribution in [0.3, 0.4) is 0 Å². The van der Waals surface area contributed by atoms with Gasteiger partial charge in [0.05, 0.1) is 37.4 Å². The van der Waals surface area contributed by atoms with Crippen molar-refractivity contribution in [3.05, 3.63) is 92.1 Å². The van der Waals surface area contributed by atoms with Gasteiger partial charge in [0.25, 0.3) is 11.8 Å². The molecule has 0 aliphatic carbocycles. The summed E-state index contributed by atoms with van der Waals surface area (Å²) in [6.45, 7) is 16.3. The van der Waals surface area contributed by atoms with Gasteiger partial charge in [0.15, 0.2) is 0 Å². The number of methoxy groups -OCH3 is 1. The third-order valence-electron chi connectivity index (χ3n) is 13.9. The molecule has 0 fully saturated rings. The van der Waals surface area contributed by atoms with E-state index in [-0.39, 0.29) is 79.6 Å². The Morgan fingerprint density at radius 3 is 1.85 bits per heavy atom. The third-order valence-corrected chi connectivity index (χ3v) is 14.4. The van der Waals surface area contributed by atoms with Crippen LogP contribution in [-0.4, -0.2) is 94.4 Å². The van der Waals surface area contributed by atoms with E-state index in [1.807, 2.05) is 27.7 Å². The van der Waals surface area contributed by atoms with Gasteiger partial charge in [-0.2, -0.15) is 8.42 Å². The maximum atomic E-state index is 14.2. The zero-order chi connectivity index (χ0) is 49.9. The van der Waals surface area contributed by atoms with Crippen LogP contribution in [-0.2, 0) is 49.9 Å². The lowest BCUT2D eigenvalue weighted by Gasteiger charge is -2.42. The lowest BCUT2D eigenvalue weighted by atomic mass is 9.84. The molecule has 4 aliphatic rings. The lowest BCUT2D eigenvalue weighted by molar-refractivity contribution is -0.146. The number of hydrogen-bond acceptors (Lipinski definition) is 12. The first-order valence-corrected chi connectivity index (χ1v) is 25.2. The van der Waals surface area contributed by atoms with Gasteiger partial charge in [-0.05, 0) is 132 Å². The molecule has 0 saturated heterocycles. The summed E-state index contributed by atoms with van der Waals surface area (Å²) in [6.07, 6.45) is 12.8. The Morgan fingerprint density at radius 1 is 0.794 bits per heavy atom. The molecule has 5 atom stereocenters. The van der Waals surface area contributed by atoms with Crippen LogP contribution in [0.25, 0.3) is 0 Å². The summed E-state index contributed by atoms with van der Waals surface area (Å²) in [4.78, 5) is 44.6. The molecule has 0 aromatic heterocycles. The predicted molar refractivity (Wildman–Crippen MR) is 259 cm³/mol. The van der Waals surface area contributed by atoms with Gasteiger partial charge in [-0.3, -0.25) is 13.8 Å². The molecule has 2 aromatic carbocycles. The summed E-state index contributed by atoms with van der Waals surface area (Å²) in [6, 6.07) is 1.66.